The molecule has 2 N–H and O–H groups in total. The Morgan fingerprint density at radius 3 is 2.48 bits per heavy atom. The Labute approximate surface area is 248 Å². The van der Waals surface area contributed by atoms with Crippen molar-refractivity contribution in [1.29, 1.82) is 0 Å². The summed E-state index contributed by atoms with van der Waals surface area (Å²) in [4.78, 5) is 59.9. The van der Waals surface area contributed by atoms with Crippen LogP contribution in [0.4, 0.5) is 0 Å². The Hall–Kier alpha value is -2.98. The fourth-order valence-electron chi connectivity index (χ4n) is 7.62. The summed E-state index contributed by atoms with van der Waals surface area (Å²) < 4.78 is 5.52. The lowest BCUT2D eigenvalue weighted by Crippen LogP contribution is -2.50. The predicted molar refractivity (Wildman–Crippen MR) is 156 cm³/mol. The number of hydrogen-bond acceptors (Lipinski definition) is 6. The molecule has 0 aliphatic carbocycles. The Kier molecular flexibility index (Phi) is 9.09. The zero-order valence-electron chi connectivity index (χ0n) is 24.6. The van der Waals surface area contributed by atoms with Crippen molar-refractivity contribution in [3.63, 3.8) is 0 Å². The van der Waals surface area contributed by atoms with Gasteiger partial charge in [0, 0.05) is 77.4 Å². The van der Waals surface area contributed by atoms with E-state index in [9.17, 15) is 19.2 Å². The topological polar surface area (TPSA) is 111 Å². The number of nitrogens with zero attached hydrogens (tertiary/aromatic N) is 3. The van der Waals surface area contributed by atoms with E-state index in [-0.39, 0.29) is 54.3 Å². The first-order chi connectivity index (χ1) is 20.4. The first kappa shape index (κ1) is 29.1. The van der Waals surface area contributed by atoms with Crippen LogP contribution in [0.3, 0.4) is 0 Å². The minimum absolute atomic E-state index is 0.0346. The summed E-state index contributed by atoms with van der Waals surface area (Å²) in [6.45, 7) is 4.95. The molecule has 0 unspecified atom stereocenters. The molecule has 5 aliphatic rings. The summed E-state index contributed by atoms with van der Waals surface area (Å²) in [7, 11) is 0. The Morgan fingerprint density at radius 2 is 1.69 bits per heavy atom. The molecular formula is C32H45N5O5. The number of amides is 4. The third kappa shape index (κ3) is 6.64. The van der Waals surface area contributed by atoms with Gasteiger partial charge in [0.2, 0.25) is 23.6 Å². The van der Waals surface area contributed by atoms with Crippen LogP contribution in [-0.4, -0.2) is 102 Å². The zero-order valence-corrected chi connectivity index (χ0v) is 24.6. The normalized spacial score (nSPS) is 29.6. The number of benzene rings is 1. The van der Waals surface area contributed by atoms with Gasteiger partial charge in [-0.2, -0.15) is 0 Å². The van der Waals surface area contributed by atoms with Gasteiger partial charge in [0.05, 0.1) is 6.42 Å². The van der Waals surface area contributed by atoms with E-state index in [1.807, 2.05) is 34.1 Å². The SMILES string of the molecule is O=C1NCc2ccccc2CC(=O)N2CC[C@@H](CC(=O)N3CCCC3)[C@@H](CC(=O)N3C[C@@H](NC4CCOCC4)C[C@@H]13)C2. The van der Waals surface area contributed by atoms with Gasteiger partial charge in [-0.05, 0) is 61.5 Å². The summed E-state index contributed by atoms with van der Waals surface area (Å²) in [5.74, 6) is -0.0845. The number of rotatable bonds is 4. The lowest BCUT2D eigenvalue weighted by molar-refractivity contribution is -0.142. The van der Waals surface area contributed by atoms with Gasteiger partial charge in [-0.25, -0.2) is 0 Å². The average molecular weight is 580 g/mol. The van der Waals surface area contributed by atoms with E-state index in [0.717, 1.165) is 63.1 Å². The second-order valence-electron chi connectivity index (χ2n) is 12.9. The molecule has 42 heavy (non-hydrogen) atoms. The second-order valence-corrected chi connectivity index (χ2v) is 12.9. The van der Waals surface area contributed by atoms with Crippen LogP contribution >= 0.6 is 0 Å². The van der Waals surface area contributed by atoms with Crippen LogP contribution < -0.4 is 10.6 Å². The highest BCUT2D eigenvalue weighted by atomic mass is 16.5. The Balaban J connectivity index is 1.25. The van der Waals surface area contributed by atoms with E-state index >= 15 is 0 Å². The Morgan fingerprint density at radius 1 is 0.929 bits per heavy atom. The summed E-state index contributed by atoms with van der Waals surface area (Å²) >= 11 is 0. The van der Waals surface area contributed by atoms with Gasteiger partial charge < -0.3 is 30.1 Å². The van der Waals surface area contributed by atoms with Crippen LogP contribution in [0.25, 0.3) is 0 Å². The molecule has 1 aromatic carbocycles. The average Bonchev–Trinajstić information content (AvgIpc) is 3.69. The van der Waals surface area contributed by atoms with Crippen molar-refractivity contribution in [2.45, 2.75) is 82.5 Å². The Bertz CT molecular complexity index is 1160. The summed E-state index contributed by atoms with van der Waals surface area (Å²) in [5, 5.41) is 6.79. The monoisotopic (exact) mass is 579 g/mol. The molecule has 4 fully saturated rings. The van der Waals surface area contributed by atoms with E-state index in [1.165, 1.54) is 0 Å². The highest BCUT2D eigenvalue weighted by molar-refractivity contribution is 5.89. The molecule has 4 amide bonds. The summed E-state index contributed by atoms with van der Waals surface area (Å²) in [6, 6.07) is 7.59. The second kappa shape index (κ2) is 13.1. The molecular weight excluding hydrogens is 534 g/mol. The van der Waals surface area contributed by atoms with E-state index in [4.69, 9.17) is 4.74 Å². The van der Waals surface area contributed by atoms with Crippen LogP contribution in [0.1, 0.15) is 62.5 Å². The first-order valence-corrected chi connectivity index (χ1v) is 16.0. The molecule has 5 heterocycles. The number of piperidine rings is 1. The minimum atomic E-state index is -0.545. The maximum Gasteiger partial charge on any atom is 0.243 e. The minimum Gasteiger partial charge on any atom is -0.381 e. The quantitative estimate of drug-likeness (QED) is 0.559. The highest BCUT2D eigenvalue weighted by Crippen LogP contribution is 2.33. The number of fused-ring (bicyclic) bond motifs is 4. The van der Waals surface area contributed by atoms with E-state index in [0.29, 0.717) is 51.5 Å². The van der Waals surface area contributed by atoms with E-state index in [1.54, 1.807) is 4.90 Å². The fraction of sp³-hybridized carbons (Fsp3) is 0.688. The van der Waals surface area contributed by atoms with E-state index in [2.05, 4.69) is 10.6 Å². The molecule has 0 aromatic heterocycles. The highest BCUT2D eigenvalue weighted by Gasteiger charge is 2.43. The number of ether oxygens (including phenoxy) is 1. The van der Waals surface area contributed by atoms with Crippen molar-refractivity contribution in [2.24, 2.45) is 11.8 Å². The molecule has 1 aromatic rings. The number of hydrogen-bond donors (Lipinski definition) is 2. The molecule has 2 bridgehead atoms. The molecule has 0 saturated carbocycles. The molecule has 4 saturated heterocycles. The third-order valence-corrected chi connectivity index (χ3v) is 10.1. The van der Waals surface area contributed by atoms with Gasteiger partial charge >= 0.3 is 0 Å². The van der Waals surface area contributed by atoms with Crippen LogP contribution in [0.2, 0.25) is 0 Å². The van der Waals surface area contributed by atoms with Crippen molar-refractivity contribution < 1.29 is 23.9 Å². The van der Waals surface area contributed by atoms with Crippen molar-refractivity contribution in [1.82, 2.24) is 25.3 Å². The summed E-state index contributed by atoms with van der Waals surface area (Å²) in [5.41, 5.74) is 1.84. The molecule has 6 rings (SSSR count). The lowest BCUT2D eigenvalue weighted by atomic mass is 9.80. The molecule has 10 nitrogen and oxygen atoms in total. The number of carbonyl (C=O) groups is 4. The van der Waals surface area contributed by atoms with Crippen molar-refractivity contribution >= 4 is 23.6 Å². The number of carbonyl (C=O) groups excluding carboxylic acids is 4. The number of likely N-dealkylation sites (tertiary alicyclic amines) is 1. The molecule has 228 valence electrons. The van der Waals surface area contributed by atoms with Gasteiger partial charge in [-0.1, -0.05) is 24.3 Å². The van der Waals surface area contributed by atoms with Gasteiger partial charge in [0.1, 0.15) is 6.04 Å². The van der Waals surface area contributed by atoms with Crippen LogP contribution in [0.5, 0.6) is 0 Å². The summed E-state index contributed by atoms with van der Waals surface area (Å²) in [6.07, 6.45) is 6.15. The molecule has 0 spiro atoms. The lowest BCUT2D eigenvalue weighted by Gasteiger charge is -2.40. The zero-order chi connectivity index (χ0) is 29.1. The van der Waals surface area contributed by atoms with Gasteiger partial charge in [0.25, 0.3) is 0 Å². The van der Waals surface area contributed by atoms with Gasteiger partial charge in [-0.15, -0.1) is 0 Å². The van der Waals surface area contributed by atoms with Crippen LogP contribution in [0.15, 0.2) is 24.3 Å². The largest absolute Gasteiger partial charge is 0.381 e. The van der Waals surface area contributed by atoms with Gasteiger partial charge in [0.15, 0.2) is 0 Å². The maximum absolute atomic E-state index is 14.0. The maximum atomic E-state index is 14.0. The standard InChI is InChI=1S/C32H45N5O5/c38-29(35-10-3-4-11-35)16-23-7-12-36-20-25(23)17-31(40)37-21-27(34-26-8-13-42-14-9-26)18-28(37)32(41)33-19-24-6-2-1-5-22(24)15-30(36)39/h1-2,5-6,23,25-28,34H,3-4,7-21H2,(H,33,41)/t23-,25-,27-,28-/m0/s1. The molecule has 4 atom stereocenters. The molecule has 0 radical (unpaired) electrons. The first-order valence-electron chi connectivity index (χ1n) is 16.0. The van der Waals surface area contributed by atoms with Crippen molar-refractivity contribution in [2.75, 3.05) is 45.9 Å². The van der Waals surface area contributed by atoms with E-state index < -0.39 is 6.04 Å². The van der Waals surface area contributed by atoms with Crippen LogP contribution in [0, 0.1) is 11.8 Å². The smallest absolute Gasteiger partial charge is 0.243 e. The predicted octanol–water partition coefficient (Wildman–Crippen LogP) is 1.46. The van der Waals surface area contributed by atoms with Crippen LogP contribution in [-0.2, 0) is 36.9 Å². The van der Waals surface area contributed by atoms with Gasteiger partial charge in [-0.3, -0.25) is 19.2 Å². The molecule has 10 heteroatoms. The number of nitrogens with one attached hydrogen (secondary N) is 2. The third-order valence-electron chi connectivity index (χ3n) is 10.1. The molecule has 5 aliphatic heterocycles. The van der Waals surface area contributed by atoms with Crippen molar-refractivity contribution in [3.05, 3.63) is 35.4 Å². The fourth-order valence-corrected chi connectivity index (χ4v) is 7.62. The van der Waals surface area contributed by atoms with Crippen molar-refractivity contribution in [3.8, 4) is 0 Å².